The summed E-state index contributed by atoms with van der Waals surface area (Å²) in [5.74, 6) is 0. The second-order valence-corrected chi connectivity index (χ2v) is 3.42. The highest BCUT2D eigenvalue weighted by Crippen LogP contribution is 2.18. The minimum absolute atomic E-state index is 0.158. The van der Waals surface area contributed by atoms with Crippen molar-refractivity contribution in [2.75, 3.05) is 13.2 Å². The fourth-order valence-corrected chi connectivity index (χ4v) is 1.58. The number of hydrogen-bond donors (Lipinski definition) is 2. The molecule has 14 heavy (non-hydrogen) atoms. The van der Waals surface area contributed by atoms with Crippen LogP contribution in [0.15, 0.2) is 18.3 Å². The molecule has 0 bridgehead atoms. The zero-order valence-electron chi connectivity index (χ0n) is 8.20. The third-order valence-electron chi connectivity index (χ3n) is 2.02. The number of rotatable bonds is 5. The Hall–Kier alpha value is -0.640. The van der Waals surface area contributed by atoms with Crippen LogP contribution >= 0.6 is 11.6 Å². The van der Waals surface area contributed by atoms with Crippen molar-refractivity contribution >= 4 is 11.6 Å². The summed E-state index contributed by atoms with van der Waals surface area (Å²) >= 11 is 5.79. The molecule has 0 saturated carbocycles. The lowest BCUT2D eigenvalue weighted by Gasteiger charge is -2.16. The van der Waals surface area contributed by atoms with Gasteiger partial charge in [-0.05, 0) is 30.7 Å². The van der Waals surface area contributed by atoms with Crippen LogP contribution in [0, 0.1) is 0 Å². The van der Waals surface area contributed by atoms with E-state index in [2.05, 4.69) is 10.3 Å². The first kappa shape index (κ1) is 11.4. The Morgan fingerprint density at radius 3 is 3.00 bits per heavy atom. The van der Waals surface area contributed by atoms with Crippen molar-refractivity contribution in [3.8, 4) is 0 Å². The minimum atomic E-state index is 0.158. The van der Waals surface area contributed by atoms with Gasteiger partial charge in [-0.3, -0.25) is 0 Å². The first-order chi connectivity index (χ1) is 6.77. The largest absolute Gasteiger partial charge is 0.396 e. The molecular weight excluding hydrogens is 200 g/mol. The van der Waals surface area contributed by atoms with Gasteiger partial charge in [0.05, 0.1) is 0 Å². The van der Waals surface area contributed by atoms with Gasteiger partial charge in [0, 0.05) is 18.8 Å². The molecule has 0 unspecified atom stereocenters. The van der Waals surface area contributed by atoms with E-state index in [-0.39, 0.29) is 12.6 Å². The number of aromatic nitrogens is 1. The lowest BCUT2D eigenvalue weighted by molar-refractivity contribution is 0.266. The van der Waals surface area contributed by atoms with E-state index < -0.39 is 0 Å². The molecule has 0 aliphatic rings. The van der Waals surface area contributed by atoms with Crippen molar-refractivity contribution in [1.82, 2.24) is 10.3 Å². The van der Waals surface area contributed by atoms with Gasteiger partial charge in [-0.2, -0.15) is 0 Å². The molecule has 1 aromatic heterocycles. The van der Waals surface area contributed by atoms with E-state index in [9.17, 15) is 0 Å². The Balaban J connectivity index is 2.75. The summed E-state index contributed by atoms with van der Waals surface area (Å²) in [6.07, 6.45) is 2.37. The van der Waals surface area contributed by atoms with Crippen molar-refractivity contribution in [2.24, 2.45) is 0 Å². The molecule has 4 heteroatoms. The number of aliphatic hydroxyl groups excluding tert-OH is 1. The van der Waals surface area contributed by atoms with Crippen LogP contribution in [0.5, 0.6) is 0 Å². The molecule has 1 aromatic rings. The van der Waals surface area contributed by atoms with Crippen LogP contribution < -0.4 is 5.32 Å². The summed E-state index contributed by atoms with van der Waals surface area (Å²) in [6, 6.07) is 3.89. The predicted molar refractivity (Wildman–Crippen MR) is 57.4 cm³/mol. The van der Waals surface area contributed by atoms with Crippen molar-refractivity contribution in [3.05, 3.63) is 29.0 Å². The quantitative estimate of drug-likeness (QED) is 0.735. The fourth-order valence-electron chi connectivity index (χ4n) is 1.40. The van der Waals surface area contributed by atoms with Crippen LogP contribution in [-0.4, -0.2) is 23.2 Å². The molecule has 1 atom stereocenters. The summed E-state index contributed by atoms with van der Waals surface area (Å²) in [4.78, 5) is 3.92. The maximum absolute atomic E-state index is 8.91. The molecule has 0 aliphatic heterocycles. The standard InChI is InChI=1S/C10H15ClN2O/c1-2-12-9(4-6-14)8-3-5-13-10(11)7-8/h3,5,7,9,12,14H,2,4,6H2,1H3/t9-/m0/s1. The molecule has 78 valence electrons. The number of aliphatic hydroxyl groups is 1. The van der Waals surface area contributed by atoms with E-state index in [0.29, 0.717) is 11.6 Å². The molecule has 2 N–H and O–H groups in total. The third-order valence-corrected chi connectivity index (χ3v) is 2.23. The van der Waals surface area contributed by atoms with Gasteiger partial charge in [-0.1, -0.05) is 18.5 Å². The highest BCUT2D eigenvalue weighted by atomic mass is 35.5. The molecule has 0 aromatic carbocycles. The van der Waals surface area contributed by atoms with E-state index in [1.54, 1.807) is 6.20 Å². The zero-order chi connectivity index (χ0) is 10.4. The smallest absolute Gasteiger partial charge is 0.129 e. The topological polar surface area (TPSA) is 45.1 Å². The summed E-state index contributed by atoms with van der Waals surface area (Å²) in [7, 11) is 0. The Labute approximate surface area is 89.1 Å². The van der Waals surface area contributed by atoms with Crippen LogP contribution in [0.2, 0.25) is 5.15 Å². The normalized spacial score (nSPS) is 12.8. The Morgan fingerprint density at radius 2 is 2.43 bits per heavy atom. The molecule has 1 heterocycles. The van der Waals surface area contributed by atoms with Gasteiger partial charge < -0.3 is 10.4 Å². The molecule has 3 nitrogen and oxygen atoms in total. The van der Waals surface area contributed by atoms with E-state index in [1.165, 1.54) is 0 Å². The monoisotopic (exact) mass is 214 g/mol. The summed E-state index contributed by atoms with van der Waals surface area (Å²) in [5.41, 5.74) is 1.07. The Morgan fingerprint density at radius 1 is 1.64 bits per heavy atom. The van der Waals surface area contributed by atoms with Crippen LogP contribution in [0.1, 0.15) is 24.9 Å². The van der Waals surface area contributed by atoms with Crippen molar-refractivity contribution in [2.45, 2.75) is 19.4 Å². The summed E-state index contributed by atoms with van der Waals surface area (Å²) in [6.45, 7) is 3.06. The Kier molecular flexibility index (Phi) is 4.87. The second-order valence-electron chi connectivity index (χ2n) is 3.03. The number of hydrogen-bond acceptors (Lipinski definition) is 3. The first-order valence-electron chi connectivity index (χ1n) is 4.73. The van der Waals surface area contributed by atoms with Crippen molar-refractivity contribution in [1.29, 1.82) is 0 Å². The number of nitrogens with one attached hydrogen (secondary N) is 1. The van der Waals surface area contributed by atoms with E-state index in [4.69, 9.17) is 16.7 Å². The maximum Gasteiger partial charge on any atom is 0.129 e. The summed E-state index contributed by atoms with van der Waals surface area (Å²) < 4.78 is 0. The molecule has 0 saturated heterocycles. The van der Waals surface area contributed by atoms with Gasteiger partial charge in [0.1, 0.15) is 5.15 Å². The van der Waals surface area contributed by atoms with Gasteiger partial charge in [0.15, 0.2) is 0 Å². The maximum atomic E-state index is 8.91. The molecule has 0 aliphatic carbocycles. The average Bonchev–Trinajstić information content (AvgIpc) is 2.17. The average molecular weight is 215 g/mol. The van der Waals surface area contributed by atoms with Crippen LogP contribution in [-0.2, 0) is 0 Å². The third kappa shape index (κ3) is 3.25. The minimum Gasteiger partial charge on any atom is -0.396 e. The molecule has 0 fully saturated rings. The van der Waals surface area contributed by atoms with Gasteiger partial charge in [-0.25, -0.2) is 4.98 Å². The van der Waals surface area contributed by atoms with Crippen LogP contribution in [0.25, 0.3) is 0 Å². The van der Waals surface area contributed by atoms with Crippen LogP contribution in [0.4, 0.5) is 0 Å². The van der Waals surface area contributed by atoms with Gasteiger partial charge in [0.25, 0.3) is 0 Å². The van der Waals surface area contributed by atoms with Crippen molar-refractivity contribution < 1.29 is 5.11 Å². The fraction of sp³-hybridized carbons (Fsp3) is 0.500. The predicted octanol–water partition coefficient (Wildman–Crippen LogP) is 1.77. The lowest BCUT2D eigenvalue weighted by Crippen LogP contribution is -2.21. The van der Waals surface area contributed by atoms with Crippen LogP contribution in [0.3, 0.4) is 0 Å². The van der Waals surface area contributed by atoms with Gasteiger partial charge >= 0.3 is 0 Å². The van der Waals surface area contributed by atoms with E-state index >= 15 is 0 Å². The number of nitrogens with zero attached hydrogens (tertiary/aromatic N) is 1. The zero-order valence-corrected chi connectivity index (χ0v) is 8.96. The van der Waals surface area contributed by atoms with Gasteiger partial charge in [-0.15, -0.1) is 0 Å². The molecule has 0 spiro atoms. The molecule has 0 radical (unpaired) electrons. The molecule has 1 rings (SSSR count). The highest BCUT2D eigenvalue weighted by Gasteiger charge is 2.09. The summed E-state index contributed by atoms with van der Waals surface area (Å²) in [5, 5.41) is 12.7. The first-order valence-corrected chi connectivity index (χ1v) is 5.11. The number of pyridine rings is 1. The second kappa shape index (κ2) is 5.96. The van der Waals surface area contributed by atoms with E-state index in [1.807, 2.05) is 19.1 Å². The SMILES string of the molecule is CCN[C@@H](CCO)c1ccnc(Cl)c1. The lowest BCUT2D eigenvalue weighted by atomic mass is 10.1. The highest BCUT2D eigenvalue weighted by molar-refractivity contribution is 6.29. The molecule has 0 amide bonds. The van der Waals surface area contributed by atoms with E-state index in [0.717, 1.165) is 12.1 Å². The van der Waals surface area contributed by atoms with Crippen molar-refractivity contribution in [3.63, 3.8) is 0 Å². The molecular formula is C10H15ClN2O. The number of halogens is 1. The Bertz CT molecular complexity index is 275. The van der Waals surface area contributed by atoms with Gasteiger partial charge in [0.2, 0.25) is 0 Å².